The van der Waals surface area contributed by atoms with E-state index in [0.29, 0.717) is 0 Å². The van der Waals surface area contributed by atoms with Crippen molar-refractivity contribution < 1.29 is 41.4 Å². The molecular weight excluding hydrogens is 515 g/mol. The average Bonchev–Trinajstić information content (AvgIpc) is 2.84. The number of hydrogen-bond acceptors (Lipinski definition) is 6. The number of nitrogens with zero attached hydrogens (tertiary/aromatic N) is 2. The lowest BCUT2D eigenvalue weighted by atomic mass is 10.1. The first-order valence-corrected chi connectivity index (χ1v) is 13.0. The van der Waals surface area contributed by atoms with E-state index in [1.54, 1.807) is 36.4 Å². The van der Waals surface area contributed by atoms with Crippen molar-refractivity contribution in [3.63, 3.8) is 0 Å². The molecule has 13 heteroatoms. The number of hydrogen-bond donors (Lipinski definition) is 3. The van der Waals surface area contributed by atoms with Crippen molar-refractivity contribution in [1.82, 2.24) is 4.90 Å². The van der Waals surface area contributed by atoms with Crippen LogP contribution < -0.4 is 9.62 Å². The van der Waals surface area contributed by atoms with Gasteiger partial charge in [0, 0.05) is 31.9 Å². The minimum atomic E-state index is -5.08. The first-order chi connectivity index (χ1) is 17.3. The Hall–Kier alpha value is -3.32. The van der Waals surface area contributed by atoms with E-state index >= 15 is 0 Å². The molecule has 3 N–H and O–H groups in total. The van der Waals surface area contributed by atoms with E-state index in [9.17, 15) is 31.5 Å². The molecule has 204 valence electrons. The van der Waals surface area contributed by atoms with Crippen LogP contribution in [0.3, 0.4) is 0 Å². The van der Waals surface area contributed by atoms with Crippen molar-refractivity contribution in [3.05, 3.63) is 53.6 Å². The quantitative estimate of drug-likeness (QED) is 0.456. The molecule has 0 atom stereocenters. The van der Waals surface area contributed by atoms with Gasteiger partial charge in [-0.2, -0.15) is 13.2 Å². The van der Waals surface area contributed by atoms with Gasteiger partial charge in [-0.05, 0) is 48.9 Å². The Bertz CT molecular complexity index is 1180. The van der Waals surface area contributed by atoms with Gasteiger partial charge in [0.1, 0.15) is 0 Å². The number of carbonyl (C=O) groups is 2. The van der Waals surface area contributed by atoms with Crippen LogP contribution in [0.5, 0.6) is 0 Å². The fourth-order valence-electron chi connectivity index (χ4n) is 3.64. The first-order valence-electron chi connectivity index (χ1n) is 11.5. The van der Waals surface area contributed by atoms with Crippen LogP contribution >= 0.6 is 0 Å². The number of piperazine rings is 1. The molecule has 0 spiro atoms. The van der Waals surface area contributed by atoms with Crippen LogP contribution in [-0.4, -0.2) is 74.4 Å². The lowest BCUT2D eigenvalue weighted by molar-refractivity contribution is -0.192. The fraction of sp³-hybridized carbons (Fsp3) is 0.417. The molecule has 1 heterocycles. The molecule has 0 radical (unpaired) electrons. The van der Waals surface area contributed by atoms with Crippen LogP contribution in [0.1, 0.15) is 36.2 Å². The van der Waals surface area contributed by atoms with Crippen molar-refractivity contribution in [2.45, 2.75) is 37.8 Å². The predicted molar refractivity (Wildman–Crippen MR) is 133 cm³/mol. The summed E-state index contributed by atoms with van der Waals surface area (Å²) in [6.45, 7) is 8.63. The Kier molecular flexibility index (Phi) is 10.3. The molecule has 2 aromatic rings. The highest BCUT2D eigenvalue weighted by atomic mass is 32.2. The molecule has 0 unspecified atom stereocenters. The SMILES string of the molecule is CCCc1ccc(S(=O)(=O)Nc2ccc(N3CCN(CC)CC3)cc2C(=O)O)cc1.O=C(O)C(F)(F)F. The van der Waals surface area contributed by atoms with Crippen LogP contribution in [0, 0.1) is 0 Å². The number of carboxylic acid groups (broad SMARTS) is 2. The maximum absolute atomic E-state index is 12.8. The Morgan fingerprint density at radius 3 is 2.00 bits per heavy atom. The predicted octanol–water partition coefficient (Wildman–Crippen LogP) is 3.91. The summed E-state index contributed by atoms with van der Waals surface area (Å²) in [5.74, 6) is -3.92. The van der Waals surface area contributed by atoms with Gasteiger partial charge in [-0.1, -0.05) is 32.4 Å². The number of halogens is 3. The fourth-order valence-corrected chi connectivity index (χ4v) is 4.72. The zero-order valence-electron chi connectivity index (χ0n) is 20.5. The second-order valence-electron chi connectivity index (χ2n) is 8.26. The number of aromatic carboxylic acids is 1. The normalized spacial score (nSPS) is 14.5. The van der Waals surface area contributed by atoms with Crippen LogP contribution in [-0.2, 0) is 21.2 Å². The Labute approximate surface area is 213 Å². The van der Waals surface area contributed by atoms with Gasteiger partial charge in [0.15, 0.2) is 0 Å². The lowest BCUT2D eigenvalue weighted by Gasteiger charge is -2.35. The minimum absolute atomic E-state index is 0.0587. The molecule has 0 amide bonds. The number of aryl methyl sites for hydroxylation is 1. The number of likely N-dealkylation sites (N-methyl/N-ethyl adjacent to an activating group) is 1. The van der Waals surface area contributed by atoms with Gasteiger partial charge < -0.3 is 20.0 Å². The van der Waals surface area contributed by atoms with E-state index in [2.05, 4.69) is 28.4 Å². The molecule has 9 nitrogen and oxygen atoms in total. The summed E-state index contributed by atoms with van der Waals surface area (Å²) in [7, 11) is -3.88. The van der Waals surface area contributed by atoms with Gasteiger partial charge in [0.05, 0.1) is 16.1 Å². The van der Waals surface area contributed by atoms with Crippen molar-refractivity contribution >= 4 is 33.3 Å². The Morgan fingerprint density at radius 1 is 0.973 bits per heavy atom. The van der Waals surface area contributed by atoms with Gasteiger partial charge >= 0.3 is 18.1 Å². The topological polar surface area (TPSA) is 127 Å². The summed E-state index contributed by atoms with van der Waals surface area (Å²) in [4.78, 5) is 25.3. The second kappa shape index (κ2) is 12.8. The van der Waals surface area contributed by atoms with Crippen LogP contribution in [0.2, 0.25) is 0 Å². The monoisotopic (exact) mass is 545 g/mol. The molecule has 0 aliphatic carbocycles. The molecule has 1 fully saturated rings. The zero-order valence-corrected chi connectivity index (χ0v) is 21.3. The van der Waals surface area contributed by atoms with Crippen molar-refractivity contribution in [1.29, 1.82) is 0 Å². The third-order valence-electron chi connectivity index (χ3n) is 5.68. The number of rotatable bonds is 8. The summed E-state index contributed by atoms with van der Waals surface area (Å²) in [6, 6.07) is 11.5. The van der Waals surface area contributed by atoms with E-state index < -0.39 is 28.1 Å². The number of sulfonamides is 1. The van der Waals surface area contributed by atoms with Crippen molar-refractivity contribution in [2.24, 2.45) is 0 Å². The minimum Gasteiger partial charge on any atom is -0.478 e. The van der Waals surface area contributed by atoms with E-state index in [4.69, 9.17) is 9.90 Å². The van der Waals surface area contributed by atoms with Crippen molar-refractivity contribution in [2.75, 3.05) is 42.3 Å². The smallest absolute Gasteiger partial charge is 0.478 e. The van der Waals surface area contributed by atoms with Gasteiger partial charge in [0.2, 0.25) is 0 Å². The molecule has 0 bridgehead atoms. The summed E-state index contributed by atoms with van der Waals surface area (Å²) in [5.41, 5.74) is 1.86. The Balaban J connectivity index is 0.000000604. The average molecular weight is 546 g/mol. The zero-order chi connectivity index (χ0) is 27.8. The van der Waals surface area contributed by atoms with Crippen LogP contribution in [0.25, 0.3) is 0 Å². The standard InChI is InChI=1S/C22H29N3O4S.C2HF3O2/c1-3-5-17-6-9-19(10-7-17)30(28,29)23-21-11-8-18(16-20(21)22(26)27)25-14-12-24(4-2)13-15-25;3-2(4,5)1(6)7/h6-11,16,23H,3-5,12-15H2,1-2H3,(H,26,27);(H,6,7). The van der Waals surface area contributed by atoms with Crippen molar-refractivity contribution in [3.8, 4) is 0 Å². The number of alkyl halides is 3. The third-order valence-corrected chi connectivity index (χ3v) is 7.06. The second-order valence-corrected chi connectivity index (χ2v) is 9.94. The number of anilines is 2. The molecule has 0 saturated carbocycles. The summed E-state index contributed by atoms with van der Waals surface area (Å²) < 4.78 is 59.7. The van der Waals surface area contributed by atoms with Gasteiger partial charge in [0.25, 0.3) is 10.0 Å². The van der Waals surface area contributed by atoms with E-state index in [1.165, 1.54) is 6.07 Å². The van der Waals surface area contributed by atoms with Crippen LogP contribution in [0.15, 0.2) is 47.4 Å². The molecular formula is C24H30F3N3O6S. The van der Waals surface area contributed by atoms with Gasteiger partial charge in [-0.3, -0.25) is 4.72 Å². The third kappa shape index (κ3) is 8.64. The summed E-state index contributed by atoms with van der Waals surface area (Å²) >= 11 is 0. The highest BCUT2D eigenvalue weighted by Gasteiger charge is 2.38. The largest absolute Gasteiger partial charge is 0.490 e. The molecule has 37 heavy (non-hydrogen) atoms. The maximum Gasteiger partial charge on any atom is 0.490 e. The highest BCUT2D eigenvalue weighted by Crippen LogP contribution is 2.27. The lowest BCUT2D eigenvalue weighted by Crippen LogP contribution is -2.46. The van der Waals surface area contributed by atoms with Gasteiger partial charge in [-0.25, -0.2) is 18.0 Å². The molecule has 3 rings (SSSR count). The summed E-state index contributed by atoms with van der Waals surface area (Å²) in [6.07, 6.45) is -3.23. The number of aliphatic carboxylic acids is 1. The number of nitrogens with one attached hydrogen (secondary N) is 1. The van der Waals surface area contributed by atoms with Gasteiger partial charge in [-0.15, -0.1) is 0 Å². The first kappa shape index (κ1) is 29.9. The van der Waals surface area contributed by atoms with E-state index in [-0.39, 0.29) is 16.1 Å². The van der Waals surface area contributed by atoms with E-state index in [0.717, 1.165) is 56.8 Å². The Morgan fingerprint density at radius 2 is 1.54 bits per heavy atom. The highest BCUT2D eigenvalue weighted by molar-refractivity contribution is 7.92. The molecule has 0 aromatic heterocycles. The molecule has 2 aromatic carbocycles. The van der Waals surface area contributed by atoms with E-state index in [1.807, 2.05) is 0 Å². The molecule has 1 saturated heterocycles. The van der Waals surface area contributed by atoms with Crippen LogP contribution in [0.4, 0.5) is 24.5 Å². The molecule has 1 aliphatic rings. The number of benzene rings is 2. The number of carboxylic acids is 2. The maximum atomic E-state index is 12.8. The summed E-state index contributed by atoms with van der Waals surface area (Å²) in [5, 5.41) is 16.8. The molecule has 1 aliphatic heterocycles.